The molecular formula is C15H14N4OS2. The largest absolute Gasteiger partial charge is 0.486 e. The molecule has 112 valence electrons. The average Bonchev–Trinajstić information content (AvgIpc) is 3.10. The van der Waals surface area contributed by atoms with Gasteiger partial charge in [-0.1, -0.05) is 18.2 Å². The molecule has 3 aromatic rings. The van der Waals surface area contributed by atoms with Crippen LogP contribution in [-0.2, 0) is 6.61 Å². The van der Waals surface area contributed by atoms with E-state index in [1.807, 2.05) is 36.4 Å². The summed E-state index contributed by atoms with van der Waals surface area (Å²) in [6.07, 6.45) is 1.77. The number of benzene rings is 1. The molecule has 5 nitrogen and oxygen atoms in total. The van der Waals surface area contributed by atoms with Crippen molar-refractivity contribution in [2.75, 3.05) is 0 Å². The molecule has 0 aliphatic rings. The maximum absolute atomic E-state index is 5.68. The van der Waals surface area contributed by atoms with Gasteiger partial charge in [0.25, 0.3) is 0 Å². The average molecular weight is 330 g/mol. The van der Waals surface area contributed by atoms with Gasteiger partial charge in [-0.15, -0.1) is 11.3 Å². The first-order chi connectivity index (χ1) is 10.7. The summed E-state index contributed by atoms with van der Waals surface area (Å²) in [7, 11) is 0. The molecule has 0 radical (unpaired) electrons. The highest BCUT2D eigenvalue weighted by Gasteiger charge is 2.06. The second kappa shape index (κ2) is 6.67. The number of aromatic amines is 1. The lowest BCUT2D eigenvalue weighted by Crippen LogP contribution is -2.04. The highest BCUT2D eigenvalue weighted by Crippen LogP contribution is 2.13. The molecule has 0 unspecified atom stereocenters. The van der Waals surface area contributed by atoms with Gasteiger partial charge in [-0.25, -0.2) is 5.10 Å². The Morgan fingerprint density at radius 3 is 2.86 bits per heavy atom. The lowest BCUT2D eigenvalue weighted by atomic mass is 10.3. The van der Waals surface area contributed by atoms with Crippen molar-refractivity contribution in [1.29, 1.82) is 0 Å². The van der Waals surface area contributed by atoms with Crippen molar-refractivity contribution in [2.24, 2.45) is 5.10 Å². The van der Waals surface area contributed by atoms with Crippen LogP contribution >= 0.6 is 23.6 Å². The summed E-state index contributed by atoms with van der Waals surface area (Å²) in [6.45, 7) is 2.35. The summed E-state index contributed by atoms with van der Waals surface area (Å²) >= 11 is 6.88. The third-order valence-electron chi connectivity index (χ3n) is 2.89. The Kier molecular flexibility index (Phi) is 4.45. The van der Waals surface area contributed by atoms with Gasteiger partial charge in [-0.3, -0.25) is 0 Å². The molecule has 1 N–H and O–H groups in total. The molecule has 0 bridgehead atoms. The Bertz CT molecular complexity index is 833. The van der Waals surface area contributed by atoms with Crippen LogP contribution in [0.3, 0.4) is 0 Å². The zero-order chi connectivity index (χ0) is 15.4. The van der Waals surface area contributed by atoms with Gasteiger partial charge in [0.05, 0.1) is 6.21 Å². The van der Waals surface area contributed by atoms with Crippen molar-refractivity contribution in [1.82, 2.24) is 14.9 Å². The van der Waals surface area contributed by atoms with Gasteiger partial charge >= 0.3 is 0 Å². The van der Waals surface area contributed by atoms with Crippen molar-refractivity contribution in [3.8, 4) is 5.75 Å². The second-order valence-corrected chi connectivity index (χ2v) is 6.26. The van der Waals surface area contributed by atoms with E-state index >= 15 is 0 Å². The normalized spacial score (nSPS) is 11.1. The van der Waals surface area contributed by atoms with E-state index in [4.69, 9.17) is 17.0 Å². The summed E-state index contributed by atoms with van der Waals surface area (Å²) < 4.78 is 7.70. The number of hydrogen-bond donors (Lipinski definition) is 1. The van der Waals surface area contributed by atoms with E-state index in [0.29, 0.717) is 10.6 Å². The first-order valence-electron chi connectivity index (χ1n) is 6.67. The molecule has 0 fully saturated rings. The lowest BCUT2D eigenvalue weighted by Gasteiger charge is -2.04. The number of aryl methyl sites for hydroxylation is 1. The van der Waals surface area contributed by atoms with E-state index in [9.17, 15) is 0 Å². The van der Waals surface area contributed by atoms with Gasteiger partial charge in [-0.2, -0.15) is 14.9 Å². The predicted octanol–water partition coefficient (Wildman–Crippen LogP) is 3.77. The zero-order valence-electron chi connectivity index (χ0n) is 11.9. The number of nitrogens with one attached hydrogen (secondary N) is 1. The molecule has 22 heavy (non-hydrogen) atoms. The SMILES string of the molecule is Cc1ccc(/C=N/n2c(COc3ccccc3)n[nH]c2=S)s1. The number of aromatic nitrogens is 3. The fourth-order valence-electron chi connectivity index (χ4n) is 1.84. The standard InChI is InChI=1S/C15H14N4OS2/c1-11-7-8-13(22-11)9-16-19-14(17-18-15(19)21)10-20-12-5-3-2-4-6-12/h2-9H,10H2,1H3,(H,18,21)/b16-9+. The summed E-state index contributed by atoms with van der Waals surface area (Å²) in [4.78, 5) is 2.31. The number of ether oxygens (including phenoxy) is 1. The third-order valence-corrected chi connectivity index (χ3v) is 4.09. The van der Waals surface area contributed by atoms with Crippen LogP contribution in [0, 0.1) is 11.7 Å². The van der Waals surface area contributed by atoms with Gasteiger partial charge < -0.3 is 4.74 Å². The Balaban J connectivity index is 1.76. The summed E-state index contributed by atoms with van der Waals surface area (Å²) in [5, 5.41) is 11.3. The molecule has 1 aromatic carbocycles. The first kappa shape index (κ1) is 14.7. The molecule has 0 atom stereocenters. The molecule has 3 rings (SSSR count). The number of para-hydroxylation sites is 1. The van der Waals surface area contributed by atoms with Crippen LogP contribution in [-0.4, -0.2) is 21.1 Å². The molecule has 0 amide bonds. The Labute approximate surface area is 136 Å². The fraction of sp³-hybridized carbons (Fsp3) is 0.133. The minimum absolute atomic E-state index is 0.290. The maximum Gasteiger partial charge on any atom is 0.216 e. The van der Waals surface area contributed by atoms with E-state index in [2.05, 4.69) is 28.3 Å². The molecular weight excluding hydrogens is 316 g/mol. The molecule has 2 aromatic heterocycles. The Morgan fingerprint density at radius 1 is 1.32 bits per heavy atom. The van der Waals surface area contributed by atoms with E-state index in [1.165, 1.54) is 4.88 Å². The van der Waals surface area contributed by atoms with Crippen LogP contribution in [0.4, 0.5) is 0 Å². The lowest BCUT2D eigenvalue weighted by molar-refractivity contribution is 0.290. The van der Waals surface area contributed by atoms with E-state index in [1.54, 1.807) is 22.2 Å². The number of H-pyrrole nitrogens is 1. The third kappa shape index (κ3) is 3.49. The van der Waals surface area contributed by atoms with Crippen LogP contribution in [0.5, 0.6) is 5.75 Å². The summed E-state index contributed by atoms with van der Waals surface area (Å²) in [6, 6.07) is 13.6. The molecule has 0 aliphatic carbocycles. The zero-order valence-corrected chi connectivity index (χ0v) is 13.5. The van der Waals surface area contributed by atoms with Crippen LogP contribution in [0.15, 0.2) is 47.6 Å². The van der Waals surface area contributed by atoms with Crippen LogP contribution in [0.2, 0.25) is 0 Å². The highest BCUT2D eigenvalue weighted by atomic mass is 32.1. The Morgan fingerprint density at radius 2 is 2.14 bits per heavy atom. The molecule has 0 aliphatic heterocycles. The topological polar surface area (TPSA) is 55.2 Å². The quantitative estimate of drug-likeness (QED) is 0.572. The van der Waals surface area contributed by atoms with Gasteiger partial charge in [0.15, 0.2) is 5.82 Å². The van der Waals surface area contributed by atoms with E-state index < -0.39 is 0 Å². The maximum atomic E-state index is 5.68. The number of nitrogens with zero attached hydrogens (tertiary/aromatic N) is 3. The summed E-state index contributed by atoms with van der Waals surface area (Å²) in [5.74, 6) is 1.40. The van der Waals surface area contributed by atoms with Crippen molar-refractivity contribution >= 4 is 29.8 Å². The molecule has 7 heteroatoms. The summed E-state index contributed by atoms with van der Waals surface area (Å²) in [5.41, 5.74) is 0. The van der Waals surface area contributed by atoms with Crippen molar-refractivity contribution in [3.63, 3.8) is 0 Å². The first-order valence-corrected chi connectivity index (χ1v) is 7.90. The molecule has 0 saturated carbocycles. The minimum atomic E-state index is 0.290. The van der Waals surface area contributed by atoms with Gasteiger partial charge in [0.1, 0.15) is 12.4 Å². The molecule has 0 saturated heterocycles. The highest BCUT2D eigenvalue weighted by molar-refractivity contribution is 7.71. The smallest absolute Gasteiger partial charge is 0.216 e. The van der Waals surface area contributed by atoms with E-state index in [-0.39, 0.29) is 6.61 Å². The van der Waals surface area contributed by atoms with Crippen molar-refractivity contribution in [2.45, 2.75) is 13.5 Å². The van der Waals surface area contributed by atoms with Crippen molar-refractivity contribution < 1.29 is 4.74 Å². The number of hydrogen-bond acceptors (Lipinski definition) is 5. The monoisotopic (exact) mass is 330 g/mol. The number of rotatable bonds is 5. The van der Waals surface area contributed by atoms with E-state index in [0.717, 1.165) is 10.6 Å². The van der Waals surface area contributed by atoms with Gasteiger partial charge in [0.2, 0.25) is 4.77 Å². The van der Waals surface area contributed by atoms with Crippen molar-refractivity contribution in [3.05, 3.63) is 62.8 Å². The Hall–Kier alpha value is -2.25. The van der Waals surface area contributed by atoms with Crippen LogP contribution in [0.25, 0.3) is 0 Å². The number of thiophene rings is 1. The van der Waals surface area contributed by atoms with Gasteiger partial charge in [-0.05, 0) is 43.4 Å². The van der Waals surface area contributed by atoms with Gasteiger partial charge in [0, 0.05) is 9.75 Å². The predicted molar refractivity (Wildman–Crippen MR) is 90.2 cm³/mol. The fourth-order valence-corrected chi connectivity index (χ4v) is 2.78. The van der Waals surface area contributed by atoms with Crippen LogP contribution < -0.4 is 4.74 Å². The van der Waals surface area contributed by atoms with Crippen LogP contribution in [0.1, 0.15) is 15.6 Å². The molecule has 0 spiro atoms. The molecule has 2 heterocycles. The second-order valence-electron chi connectivity index (χ2n) is 4.55. The minimum Gasteiger partial charge on any atom is -0.486 e.